The third-order valence-corrected chi connectivity index (χ3v) is 2.29. The molecule has 1 rings (SSSR count). The van der Waals surface area contributed by atoms with Crippen molar-refractivity contribution in [1.29, 1.82) is 0 Å². The van der Waals surface area contributed by atoms with Crippen LogP contribution in [-0.2, 0) is 11.3 Å². The summed E-state index contributed by atoms with van der Waals surface area (Å²) in [6, 6.07) is 3.87. The van der Waals surface area contributed by atoms with Gasteiger partial charge in [0.15, 0.2) is 0 Å². The molecular formula is C11H17N3O. The smallest absolute Gasteiger partial charge is 0.224 e. The average Bonchev–Trinajstić information content (AvgIpc) is 2.19. The van der Waals surface area contributed by atoms with Gasteiger partial charge in [0.1, 0.15) is 0 Å². The van der Waals surface area contributed by atoms with Gasteiger partial charge in [0.2, 0.25) is 5.91 Å². The van der Waals surface area contributed by atoms with Gasteiger partial charge >= 0.3 is 0 Å². The molecule has 0 bridgehead atoms. The number of primary amides is 1. The quantitative estimate of drug-likeness (QED) is 0.746. The summed E-state index contributed by atoms with van der Waals surface area (Å²) in [5, 5.41) is 3.18. The van der Waals surface area contributed by atoms with Crippen LogP contribution in [-0.4, -0.2) is 17.4 Å². The Morgan fingerprint density at radius 3 is 2.87 bits per heavy atom. The number of hydrogen-bond acceptors (Lipinski definition) is 3. The summed E-state index contributed by atoms with van der Waals surface area (Å²) in [7, 11) is 0. The van der Waals surface area contributed by atoms with Crippen LogP contribution in [0, 0.1) is 5.41 Å². The molecule has 0 saturated carbocycles. The molecule has 1 aromatic heterocycles. The highest BCUT2D eigenvalue weighted by molar-refractivity contribution is 5.80. The van der Waals surface area contributed by atoms with E-state index in [9.17, 15) is 4.79 Å². The van der Waals surface area contributed by atoms with Crippen molar-refractivity contribution < 1.29 is 4.79 Å². The van der Waals surface area contributed by atoms with Crippen LogP contribution in [0.4, 0.5) is 0 Å². The van der Waals surface area contributed by atoms with Crippen molar-refractivity contribution in [1.82, 2.24) is 10.3 Å². The molecule has 0 aliphatic heterocycles. The fourth-order valence-corrected chi connectivity index (χ4v) is 1.11. The number of aromatic nitrogens is 1. The molecule has 0 aromatic carbocycles. The van der Waals surface area contributed by atoms with Crippen LogP contribution < -0.4 is 11.1 Å². The largest absolute Gasteiger partial charge is 0.369 e. The minimum absolute atomic E-state index is 0.291. The summed E-state index contributed by atoms with van der Waals surface area (Å²) < 4.78 is 0. The number of nitrogens with two attached hydrogens (primary N) is 1. The van der Waals surface area contributed by atoms with Crippen LogP contribution in [0.1, 0.15) is 19.4 Å². The van der Waals surface area contributed by atoms with Gasteiger partial charge in [-0.3, -0.25) is 9.78 Å². The molecule has 0 spiro atoms. The lowest BCUT2D eigenvalue weighted by Crippen LogP contribution is -2.40. The van der Waals surface area contributed by atoms with Crippen LogP contribution >= 0.6 is 0 Å². The Morgan fingerprint density at radius 1 is 1.60 bits per heavy atom. The normalized spacial score (nSPS) is 11.3. The van der Waals surface area contributed by atoms with E-state index in [0.717, 1.165) is 5.56 Å². The summed E-state index contributed by atoms with van der Waals surface area (Å²) in [6.07, 6.45) is 3.53. The van der Waals surface area contributed by atoms with Crippen molar-refractivity contribution in [3.05, 3.63) is 30.1 Å². The van der Waals surface area contributed by atoms with Gasteiger partial charge in [-0.05, 0) is 25.5 Å². The molecule has 15 heavy (non-hydrogen) atoms. The third-order valence-electron chi connectivity index (χ3n) is 2.29. The number of nitrogens with zero attached hydrogens (tertiary/aromatic N) is 1. The molecular weight excluding hydrogens is 190 g/mol. The summed E-state index contributed by atoms with van der Waals surface area (Å²) in [6.45, 7) is 4.92. The molecule has 0 aliphatic carbocycles. The van der Waals surface area contributed by atoms with Crippen molar-refractivity contribution in [3.8, 4) is 0 Å². The third kappa shape index (κ3) is 3.67. The Labute approximate surface area is 89.9 Å². The number of nitrogens with one attached hydrogen (secondary N) is 1. The predicted molar refractivity (Wildman–Crippen MR) is 58.9 cm³/mol. The number of carbonyl (C=O) groups is 1. The summed E-state index contributed by atoms with van der Waals surface area (Å²) >= 11 is 0. The fourth-order valence-electron chi connectivity index (χ4n) is 1.11. The molecule has 3 N–H and O–H groups in total. The van der Waals surface area contributed by atoms with Crippen molar-refractivity contribution in [3.63, 3.8) is 0 Å². The van der Waals surface area contributed by atoms with Crippen LogP contribution in [0.2, 0.25) is 0 Å². The summed E-state index contributed by atoms with van der Waals surface area (Å²) in [5.74, 6) is -0.291. The first-order chi connectivity index (χ1) is 7.02. The van der Waals surface area contributed by atoms with Gasteiger partial charge in [0.05, 0.1) is 5.41 Å². The van der Waals surface area contributed by atoms with Gasteiger partial charge in [-0.1, -0.05) is 6.07 Å². The molecule has 4 nitrogen and oxygen atoms in total. The van der Waals surface area contributed by atoms with Gasteiger partial charge in [-0.2, -0.15) is 0 Å². The van der Waals surface area contributed by atoms with E-state index in [2.05, 4.69) is 10.3 Å². The minimum Gasteiger partial charge on any atom is -0.369 e. The summed E-state index contributed by atoms with van der Waals surface area (Å²) in [5.41, 5.74) is 5.84. The lowest BCUT2D eigenvalue weighted by atomic mass is 9.93. The first kappa shape index (κ1) is 11.7. The molecule has 1 heterocycles. The Bertz CT molecular complexity index is 322. The molecule has 0 radical (unpaired) electrons. The maximum Gasteiger partial charge on any atom is 0.224 e. The van der Waals surface area contributed by atoms with Gasteiger partial charge in [0.25, 0.3) is 0 Å². The van der Waals surface area contributed by atoms with E-state index < -0.39 is 5.41 Å². The van der Waals surface area contributed by atoms with Gasteiger partial charge in [-0.25, -0.2) is 0 Å². The van der Waals surface area contributed by atoms with Gasteiger partial charge in [0, 0.05) is 25.5 Å². The molecule has 82 valence electrons. The maximum atomic E-state index is 11.0. The van der Waals surface area contributed by atoms with E-state index in [1.54, 1.807) is 12.4 Å². The molecule has 1 aromatic rings. The fraction of sp³-hybridized carbons (Fsp3) is 0.455. The number of hydrogen-bond donors (Lipinski definition) is 2. The topological polar surface area (TPSA) is 68.0 Å². The zero-order chi connectivity index (χ0) is 11.3. The van der Waals surface area contributed by atoms with Crippen LogP contribution in [0.15, 0.2) is 24.5 Å². The molecule has 1 amide bonds. The highest BCUT2D eigenvalue weighted by Crippen LogP contribution is 2.12. The van der Waals surface area contributed by atoms with E-state index in [4.69, 9.17) is 5.73 Å². The van der Waals surface area contributed by atoms with E-state index in [1.807, 2.05) is 26.0 Å². The van der Waals surface area contributed by atoms with E-state index in [-0.39, 0.29) is 5.91 Å². The number of amides is 1. The Balaban J connectivity index is 2.37. The first-order valence-electron chi connectivity index (χ1n) is 4.92. The van der Waals surface area contributed by atoms with Crippen molar-refractivity contribution in [2.75, 3.05) is 6.54 Å². The zero-order valence-corrected chi connectivity index (χ0v) is 9.16. The van der Waals surface area contributed by atoms with E-state index in [1.165, 1.54) is 0 Å². The second-order valence-corrected chi connectivity index (χ2v) is 4.21. The van der Waals surface area contributed by atoms with Crippen LogP contribution in [0.25, 0.3) is 0 Å². The molecule has 4 heteroatoms. The van der Waals surface area contributed by atoms with E-state index in [0.29, 0.717) is 13.1 Å². The predicted octanol–water partition coefficient (Wildman–Crippen LogP) is 0.683. The van der Waals surface area contributed by atoms with Crippen molar-refractivity contribution in [2.45, 2.75) is 20.4 Å². The minimum atomic E-state index is -0.512. The zero-order valence-electron chi connectivity index (χ0n) is 9.16. The Kier molecular flexibility index (Phi) is 3.80. The van der Waals surface area contributed by atoms with Crippen LogP contribution in [0.3, 0.4) is 0 Å². The molecule has 0 saturated heterocycles. The molecule has 0 unspecified atom stereocenters. The lowest BCUT2D eigenvalue weighted by molar-refractivity contribution is -0.125. The Hall–Kier alpha value is -1.42. The number of rotatable bonds is 5. The van der Waals surface area contributed by atoms with E-state index >= 15 is 0 Å². The molecule has 0 atom stereocenters. The van der Waals surface area contributed by atoms with Crippen molar-refractivity contribution >= 4 is 5.91 Å². The van der Waals surface area contributed by atoms with Gasteiger partial charge in [-0.15, -0.1) is 0 Å². The van der Waals surface area contributed by atoms with Crippen molar-refractivity contribution in [2.24, 2.45) is 11.1 Å². The monoisotopic (exact) mass is 207 g/mol. The number of pyridine rings is 1. The average molecular weight is 207 g/mol. The second kappa shape index (κ2) is 4.89. The van der Waals surface area contributed by atoms with Crippen LogP contribution in [0.5, 0.6) is 0 Å². The summed E-state index contributed by atoms with van der Waals surface area (Å²) in [4.78, 5) is 15.0. The molecule has 0 aliphatic rings. The first-order valence-corrected chi connectivity index (χ1v) is 4.92. The molecule has 0 fully saturated rings. The number of carbonyl (C=O) groups excluding carboxylic acids is 1. The van der Waals surface area contributed by atoms with Gasteiger partial charge < -0.3 is 11.1 Å². The second-order valence-electron chi connectivity index (χ2n) is 4.21. The standard InChI is InChI=1S/C11H17N3O/c1-11(2,10(12)15)8-14-7-9-4-3-5-13-6-9/h3-6,14H,7-8H2,1-2H3,(H2,12,15). The highest BCUT2D eigenvalue weighted by Gasteiger charge is 2.23. The highest BCUT2D eigenvalue weighted by atomic mass is 16.1. The lowest BCUT2D eigenvalue weighted by Gasteiger charge is -2.20. The maximum absolute atomic E-state index is 11.0. The SMILES string of the molecule is CC(C)(CNCc1cccnc1)C(N)=O. The Morgan fingerprint density at radius 2 is 2.33 bits per heavy atom.